The molecule has 0 aliphatic carbocycles. The van der Waals surface area contributed by atoms with E-state index in [1.165, 1.54) is 22.3 Å². The molecule has 0 amide bonds. The number of hydrogen-bond donors (Lipinski definition) is 0. The third-order valence-corrected chi connectivity index (χ3v) is 3.76. The summed E-state index contributed by atoms with van der Waals surface area (Å²) in [4.78, 5) is 0. The minimum Gasteiger partial charge on any atom is -0.0683 e. The van der Waals surface area contributed by atoms with Crippen molar-refractivity contribution in [1.29, 1.82) is 0 Å². The Kier molecular flexibility index (Phi) is 17.2. The first-order chi connectivity index (χ1) is 14.9. The summed E-state index contributed by atoms with van der Waals surface area (Å²) < 4.78 is 0. The van der Waals surface area contributed by atoms with Gasteiger partial charge >= 0.3 is 0 Å². The third-order valence-electron chi connectivity index (χ3n) is 3.76. The average Bonchev–Trinajstić information content (AvgIpc) is 2.90. The van der Waals surface area contributed by atoms with Crippen LogP contribution in [0.4, 0.5) is 0 Å². The summed E-state index contributed by atoms with van der Waals surface area (Å²) in [6, 6.07) is 41.6. The van der Waals surface area contributed by atoms with Crippen LogP contribution >= 0.6 is 0 Å². The van der Waals surface area contributed by atoms with Crippen LogP contribution in [0.2, 0.25) is 0 Å². The molecule has 0 radical (unpaired) electrons. The molecule has 0 aliphatic rings. The van der Waals surface area contributed by atoms with Gasteiger partial charge < -0.3 is 0 Å². The highest BCUT2D eigenvalue weighted by Crippen LogP contribution is 2.18. The van der Waals surface area contributed by atoms with Gasteiger partial charge in [0, 0.05) is 0 Å². The van der Waals surface area contributed by atoms with Crippen molar-refractivity contribution in [1.82, 2.24) is 0 Å². The number of hydrogen-bond acceptors (Lipinski definition) is 0. The fourth-order valence-corrected chi connectivity index (χ4v) is 2.52. The molecule has 0 atom stereocenters. The zero-order valence-electron chi connectivity index (χ0n) is 19.5. The van der Waals surface area contributed by atoms with E-state index >= 15 is 0 Å². The van der Waals surface area contributed by atoms with Gasteiger partial charge in [-0.25, -0.2) is 0 Å². The lowest BCUT2D eigenvalue weighted by Crippen LogP contribution is -1.73. The lowest BCUT2D eigenvalue weighted by Gasteiger charge is -1.98. The van der Waals surface area contributed by atoms with E-state index in [-0.39, 0.29) is 0 Å². The Hall–Kier alpha value is -3.12. The quantitative estimate of drug-likeness (QED) is 0.315. The van der Waals surface area contributed by atoms with E-state index < -0.39 is 0 Å². The van der Waals surface area contributed by atoms with E-state index in [1.807, 2.05) is 65.8 Å². The topological polar surface area (TPSA) is 0 Å². The van der Waals surface area contributed by atoms with E-state index in [0.29, 0.717) is 0 Å². The predicted octanol–water partition coefficient (Wildman–Crippen LogP) is 9.79. The van der Waals surface area contributed by atoms with Crippen LogP contribution in [0.25, 0.3) is 22.3 Å². The first-order valence-electron chi connectivity index (χ1n) is 11.1. The fraction of sp³-hybridized carbons (Fsp3) is 0.200. The highest BCUT2D eigenvalue weighted by molar-refractivity contribution is 5.63. The molecule has 0 bridgehead atoms. The van der Waals surface area contributed by atoms with Crippen LogP contribution < -0.4 is 0 Å². The first kappa shape index (κ1) is 26.9. The summed E-state index contributed by atoms with van der Waals surface area (Å²) in [7, 11) is 0. The van der Waals surface area contributed by atoms with Gasteiger partial charge in [0.1, 0.15) is 0 Å². The van der Waals surface area contributed by atoms with Gasteiger partial charge in [-0.3, -0.25) is 0 Å². The molecule has 0 aromatic heterocycles. The van der Waals surface area contributed by atoms with Crippen molar-refractivity contribution in [2.75, 3.05) is 0 Å². The molecule has 4 aromatic carbocycles. The van der Waals surface area contributed by atoms with Crippen molar-refractivity contribution in [2.45, 2.75) is 41.5 Å². The smallest absolute Gasteiger partial charge is 0.0184 e. The molecule has 0 saturated carbocycles. The third kappa shape index (κ3) is 10.4. The zero-order valence-corrected chi connectivity index (χ0v) is 19.5. The highest BCUT2D eigenvalue weighted by Gasteiger charge is 1.92. The maximum Gasteiger partial charge on any atom is -0.0184 e. The maximum atomic E-state index is 2.12. The lowest BCUT2D eigenvalue weighted by molar-refractivity contribution is 1.50. The molecule has 0 spiro atoms. The molecule has 0 saturated heterocycles. The molecule has 0 nitrogen and oxygen atoms in total. The molecule has 0 fully saturated rings. The first-order valence-corrected chi connectivity index (χ1v) is 11.1. The van der Waals surface area contributed by atoms with Crippen molar-refractivity contribution in [3.8, 4) is 22.3 Å². The highest BCUT2D eigenvalue weighted by atomic mass is 14.0. The molecule has 158 valence electrons. The number of benzene rings is 4. The summed E-state index contributed by atoms with van der Waals surface area (Å²) in [5, 5.41) is 0. The second-order valence-corrected chi connectivity index (χ2v) is 5.46. The molecule has 0 heterocycles. The van der Waals surface area contributed by atoms with Crippen molar-refractivity contribution < 1.29 is 0 Å². The minimum atomic E-state index is 1.28. The van der Waals surface area contributed by atoms with Gasteiger partial charge in [-0.1, -0.05) is 163 Å². The molecule has 0 N–H and O–H groups in total. The lowest BCUT2D eigenvalue weighted by atomic mass is 10.1. The molecule has 0 aliphatic heterocycles. The van der Waals surface area contributed by atoms with Crippen LogP contribution in [-0.2, 0) is 0 Å². The van der Waals surface area contributed by atoms with E-state index in [2.05, 4.69) is 97.1 Å². The van der Waals surface area contributed by atoms with E-state index in [0.717, 1.165) is 0 Å². The Morgan fingerprint density at radius 3 is 0.500 bits per heavy atom. The van der Waals surface area contributed by atoms with E-state index in [1.54, 1.807) is 0 Å². The Bertz CT molecular complexity index is 670. The van der Waals surface area contributed by atoms with Gasteiger partial charge in [-0.05, 0) is 22.3 Å². The van der Waals surface area contributed by atoms with E-state index in [4.69, 9.17) is 0 Å². The van der Waals surface area contributed by atoms with Crippen LogP contribution in [0.1, 0.15) is 41.5 Å². The normalized spacial score (nSPS) is 8.33. The Morgan fingerprint density at radius 2 is 0.367 bits per heavy atom. The maximum absolute atomic E-state index is 2.12. The van der Waals surface area contributed by atoms with Gasteiger partial charge in [0.05, 0.1) is 0 Å². The van der Waals surface area contributed by atoms with E-state index in [9.17, 15) is 0 Å². The second kappa shape index (κ2) is 19.2. The molecule has 0 heteroatoms. The molecule has 4 rings (SSSR count). The SMILES string of the molecule is CC.CC.CC.c1ccc(-c2ccccc2)cc1.c1ccc(-c2ccccc2)cc1. The average molecular weight is 399 g/mol. The van der Waals surface area contributed by atoms with Crippen LogP contribution in [0, 0.1) is 0 Å². The molecular formula is C30H38. The van der Waals surface area contributed by atoms with Gasteiger partial charge in [0.2, 0.25) is 0 Å². The summed E-state index contributed by atoms with van der Waals surface area (Å²) in [6.07, 6.45) is 0. The van der Waals surface area contributed by atoms with Gasteiger partial charge in [-0.2, -0.15) is 0 Å². The van der Waals surface area contributed by atoms with Crippen molar-refractivity contribution in [3.63, 3.8) is 0 Å². The van der Waals surface area contributed by atoms with Crippen LogP contribution in [-0.4, -0.2) is 0 Å². The Balaban J connectivity index is 0.000000450. The molecule has 0 unspecified atom stereocenters. The standard InChI is InChI=1S/2C12H10.3C2H6/c2*1-3-7-11(8-4-1)12-9-5-2-6-10-12;3*1-2/h2*1-10H;3*1-2H3. The van der Waals surface area contributed by atoms with Crippen molar-refractivity contribution >= 4 is 0 Å². The minimum absolute atomic E-state index is 1.28. The Morgan fingerprint density at radius 1 is 0.233 bits per heavy atom. The number of rotatable bonds is 2. The predicted molar refractivity (Wildman–Crippen MR) is 138 cm³/mol. The Labute approximate surface area is 185 Å². The molecular weight excluding hydrogens is 360 g/mol. The fourth-order valence-electron chi connectivity index (χ4n) is 2.52. The monoisotopic (exact) mass is 398 g/mol. The summed E-state index contributed by atoms with van der Waals surface area (Å²) in [5.41, 5.74) is 5.10. The van der Waals surface area contributed by atoms with Crippen LogP contribution in [0.3, 0.4) is 0 Å². The summed E-state index contributed by atoms with van der Waals surface area (Å²) >= 11 is 0. The second-order valence-electron chi connectivity index (χ2n) is 5.46. The van der Waals surface area contributed by atoms with Gasteiger partial charge in [0.15, 0.2) is 0 Å². The largest absolute Gasteiger partial charge is 0.0683 e. The summed E-state index contributed by atoms with van der Waals surface area (Å²) in [6.45, 7) is 12.0. The summed E-state index contributed by atoms with van der Waals surface area (Å²) in [5.74, 6) is 0. The van der Waals surface area contributed by atoms with Gasteiger partial charge in [0.25, 0.3) is 0 Å². The van der Waals surface area contributed by atoms with Crippen molar-refractivity contribution in [2.24, 2.45) is 0 Å². The molecule has 4 aromatic rings. The van der Waals surface area contributed by atoms with Crippen LogP contribution in [0.15, 0.2) is 121 Å². The molecule has 30 heavy (non-hydrogen) atoms. The zero-order chi connectivity index (χ0) is 22.5. The van der Waals surface area contributed by atoms with Crippen molar-refractivity contribution in [3.05, 3.63) is 121 Å². The van der Waals surface area contributed by atoms with Crippen LogP contribution in [0.5, 0.6) is 0 Å². The van der Waals surface area contributed by atoms with Gasteiger partial charge in [-0.15, -0.1) is 0 Å².